The number of benzene rings is 1. The summed E-state index contributed by atoms with van der Waals surface area (Å²) < 4.78 is 20.8. The van der Waals surface area contributed by atoms with Gasteiger partial charge in [0.2, 0.25) is 5.88 Å². The summed E-state index contributed by atoms with van der Waals surface area (Å²) in [6.45, 7) is 6.82. The third-order valence-electron chi connectivity index (χ3n) is 5.54. The Hall–Kier alpha value is -3.32. The van der Waals surface area contributed by atoms with Gasteiger partial charge >= 0.3 is 0 Å². The number of nitrogens with zero attached hydrogens (tertiary/aromatic N) is 5. The van der Waals surface area contributed by atoms with E-state index >= 15 is 0 Å². The lowest BCUT2D eigenvalue weighted by atomic mass is 10.1. The number of anilines is 2. The molecular formula is C23H25FN6O4. The third-order valence-corrected chi connectivity index (χ3v) is 5.54. The zero-order chi connectivity index (χ0) is 24.2. The molecule has 11 heteroatoms. The SMILES string of the molecule is C#Cc1c(Nc2ccc(C)c(C#N)c2F)ncnc1OC1CCN(C2OON(C(C)C)O2)CC1. The number of rotatable bonds is 6. The number of hydroxylamine groups is 2. The van der Waals surface area contributed by atoms with Crippen molar-refractivity contribution in [1.82, 2.24) is 20.1 Å². The van der Waals surface area contributed by atoms with Crippen LogP contribution in [0.4, 0.5) is 15.9 Å². The zero-order valence-electron chi connectivity index (χ0n) is 19.1. The van der Waals surface area contributed by atoms with Gasteiger partial charge in [0.1, 0.15) is 24.1 Å². The van der Waals surface area contributed by atoms with Gasteiger partial charge in [0.05, 0.1) is 17.3 Å². The van der Waals surface area contributed by atoms with Crippen LogP contribution < -0.4 is 10.1 Å². The summed E-state index contributed by atoms with van der Waals surface area (Å²) >= 11 is 0. The molecule has 0 amide bonds. The summed E-state index contributed by atoms with van der Waals surface area (Å²) in [5, 5.41) is 13.4. The summed E-state index contributed by atoms with van der Waals surface area (Å²) in [6, 6.07) is 5.07. The lowest BCUT2D eigenvalue weighted by Crippen LogP contribution is -2.45. The Morgan fingerprint density at radius 2 is 2.03 bits per heavy atom. The summed E-state index contributed by atoms with van der Waals surface area (Å²) in [5.41, 5.74) is 0.858. The molecule has 0 saturated carbocycles. The monoisotopic (exact) mass is 468 g/mol. The second kappa shape index (κ2) is 10.3. The molecule has 4 rings (SSSR count). The summed E-state index contributed by atoms with van der Waals surface area (Å²) in [4.78, 5) is 26.3. The van der Waals surface area contributed by atoms with Crippen LogP contribution in [0.3, 0.4) is 0 Å². The number of aromatic nitrogens is 2. The summed E-state index contributed by atoms with van der Waals surface area (Å²) in [6.07, 6.45) is 7.62. The van der Waals surface area contributed by atoms with Crippen molar-refractivity contribution >= 4 is 11.5 Å². The Kier molecular flexibility index (Phi) is 7.22. The zero-order valence-corrected chi connectivity index (χ0v) is 19.1. The minimum Gasteiger partial charge on any atom is -0.473 e. The predicted octanol–water partition coefficient (Wildman–Crippen LogP) is 3.17. The highest BCUT2D eigenvalue weighted by Crippen LogP contribution is 2.30. The maximum absolute atomic E-state index is 14.7. The number of terminal acetylenes is 1. The van der Waals surface area contributed by atoms with E-state index in [1.54, 1.807) is 13.0 Å². The number of piperidine rings is 1. The molecular weight excluding hydrogens is 443 g/mol. The van der Waals surface area contributed by atoms with Crippen LogP contribution in [0.15, 0.2) is 18.5 Å². The van der Waals surface area contributed by atoms with Crippen LogP contribution in [0.2, 0.25) is 0 Å². The third kappa shape index (κ3) is 4.94. The lowest BCUT2D eigenvalue weighted by Gasteiger charge is -2.33. The number of ether oxygens (including phenoxy) is 1. The quantitative estimate of drug-likeness (QED) is 0.502. The number of hydrogen-bond acceptors (Lipinski definition) is 10. The summed E-state index contributed by atoms with van der Waals surface area (Å²) in [7, 11) is 0. The fourth-order valence-electron chi connectivity index (χ4n) is 3.62. The van der Waals surface area contributed by atoms with Gasteiger partial charge in [0.25, 0.3) is 6.41 Å². The Morgan fingerprint density at radius 3 is 2.68 bits per heavy atom. The van der Waals surface area contributed by atoms with Crippen LogP contribution in [0.25, 0.3) is 0 Å². The van der Waals surface area contributed by atoms with Crippen molar-refractivity contribution in [1.29, 1.82) is 5.26 Å². The van der Waals surface area contributed by atoms with E-state index in [4.69, 9.17) is 25.9 Å². The van der Waals surface area contributed by atoms with E-state index in [2.05, 4.69) is 21.2 Å². The average molecular weight is 468 g/mol. The van der Waals surface area contributed by atoms with Gasteiger partial charge in [-0.15, -0.1) is 11.4 Å². The van der Waals surface area contributed by atoms with Gasteiger partial charge in [-0.25, -0.2) is 19.2 Å². The lowest BCUT2D eigenvalue weighted by molar-refractivity contribution is -0.425. The molecule has 0 spiro atoms. The van der Waals surface area contributed by atoms with E-state index in [0.29, 0.717) is 31.5 Å². The molecule has 2 aliphatic rings. The number of likely N-dealkylation sites (tertiary alicyclic amines) is 1. The standard InChI is InChI=1S/C23H25FN6O4/c1-5-17-21(28-19-7-6-15(4)18(12-25)20(19)24)26-13-27-22(17)31-16-8-10-29(11-9-16)23-32-30(14(2)3)34-33-23/h1,6-7,13-14,16,23H,8-11H2,2-4H3,(H,26,27,28). The molecule has 3 heterocycles. The van der Waals surface area contributed by atoms with Crippen molar-refractivity contribution in [3.05, 3.63) is 41.0 Å². The molecule has 2 aliphatic heterocycles. The minimum atomic E-state index is -0.671. The van der Waals surface area contributed by atoms with E-state index in [9.17, 15) is 9.65 Å². The highest BCUT2D eigenvalue weighted by molar-refractivity contribution is 5.67. The van der Waals surface area contributed by atoms with Crippen LogP contribution in [-0.4, -0.2) is 51.7 Å². The molecule has 10 nitrogen and oxygen atoms in total. The first-order valence-electron chi connectivity index (χ1n) is 10.9. The fraction of sp³-hybridized carbons (Fsp3) is 0.435. The predicted molar refractivity (Wildman–Crippen MR) is 118 cm³/mol. The smallest absolute Gasteiger partial charge is 0.272 e. The van der Waals surface area contributed by atoms with Crippen LogP contribution in [0.5, 0.6) is 5.88 Å². The van der Waals surface area contributed by atoms with Gasteiger partial charge in [0, 0.05) is 13.1 Å². The number of halogens is 1. The Balaban J connectivity index is 1.42. The molecule has 1 unspecified atom stereocenters. The first-order chi connectivity index (χ1) is 16.4. The molecule has 1 aromatic carbocycles. The molecule has 1 N–H and O–H groups in total. The average Bonchev–Trinajstić information content (AvgIpc) is 3.33. The van der Waals surface area contributed by atoms with E-state index in [-0.39, 0.29) is 40.7 Å². The molecule has 2 aromatic rings. The largest absolute Gasteiger partial charge is 0.473 e. The maximum atomic E-state index is 14.7. The van der Waals surface area contributed by atoms with Crippen LogP contribution in [-0.2, 0) is 14.7 Å². The molecule has 1 atom stereocenters. The molecule has 178 valence electrons. The van der Waals surface area contributed by atoms with Crippen LogP contribution in [0.1, 0.15) is 43.4 Å². The van der Waals surface area contributed by atoms with E-state index in [1.165, 1.54) is 17.6 Å². The second-order valence-corrected chi connectivity index (χ2v) is 8.22. The minimum absolute atomic E-state index is 0.0218. The van der Waals surface area contributed by atoms with Crippen molar-refractivity contribution < 1.29 is 23.8 Å². The van der Waals surface area contributed by atoms with Crippen molar-refractivity contribution in [2.75, 3.05) is 18.4 Å². The van der Waals surface area contributed by atoms with Gasteiger partial charge in [-0.1, -0.05) is 12.0 Å². The van der Waals surface area contributed by atoms with Crippen molar-refractivity contribution in [3.63, 3.8) is 0 Å². The highest BCUT2D eigenvalue weighted by Gasteiger charge is 2.36. The molecule has 0 bridgehead atoms. The van der Waals surface area contributed by atoms with E-state index < -0.39 is 12.2 Å². The topological polar surface area (TPSA) is 105 Å². The molecule has 34 heavy (non-hydrogen) atoms. The first kappa shape index (κ1) is 23.8. The van der Waals surface area contributed by atoms with Crippen molar-refractivity contribution in [2.45, 2.75) is 52.2 Å². The molecule has 1 aromatic heterocycles. The maximum Gasteiger partial charge on any atom is 0.272 e. The van der Waals surface area contributed by atoms with Crippen LogP contribution >= 0.6 is 0 Å². The van der Waals surface area contributed by atoms with E-state index in [1.807, 2.05) is 24.8 Å². The first-order valence-corrected chi connectivity index (χ1v) is 10.9. The second-order valence-electron chi connectivity index (χ2n) is 8.22. The van der Waals surface area contributed by atoms with Gasteiger partial charge in [-0.3, -0.25) is 4.90 Å². The number of nitrogens with one attached hydrogen (secondary N) is 1. The molecule has 0 aliphatic carbocycles. The molecule has 2 saturated heterocycles. The number of hydrogen-bond donors (Lipinski definition) is 1. The van der Waals surface area contributed by atoms with Gasteiger partial charge in [0.15, 0.2) is 11.6 Å². The Morgan fingerprint density at radius 1 is 1.26 bits per heavy atom. The van der Waals surface area contributed by atoms with Gasteiger partial charge < -0.3 is 10.1 Å². The normalized spacial score (nSPS) is 19.7. The van der Waals surface area contributed by atoms with Crippen molar-refractivity contribution in [2.24, 2.45) is 0 Å². The number of nitriles is 1. The molecule has 2 fully saturated rings. The highest BCUT2D eigenvalue weighted by atomic mass is 19.1. The van der Waals surface area contributed by atoms with E-state index in [0.717, 1.165) is 0 Å². The van der Waals surface area contributed by atoms with Crippen LogP contribution in [0, 0.1) is 36.4 Å². The Bertz CT molecular complexity index is 1120. The van der Waals surface area contributed by atoms with Crippen molar-refractivity contribution in [3.8, 4) is 24.3 Å². The van der Waals surface area contributed by atoms with Gasteiger partial charge in [-0.2, -0.15) is 10.1 Å². The van der Waals surface area contributed by atoms with Gasteiger partial charge in [-0.05, 0) is 50.5 Å². The molecule has 0 radical (unpaired) electrons. The summed E-state index contributed by atoms with van der Waals surface area (Å²) in [5.74, 6) is 2.31. The fourth-order valence-corrected chi connectivity index (χ4v) is 3.62. The number of aryl methyl sites for hydroxylation is 1. The Labute approximate surface area is 197 Å².